The average Bonchev–Trinajstić information content (AvgIpc) is 2.17. The molecular formula is C8H7BNO4. The van der Waals surface area contributed by atoms with E-state index in [0.29, 0.717) is 11.7 Å². The molecule has 14 heavy (non-hydrogen) atoms. The Morgan fingerprint density at radius 1 is 1.57 bits per heavy atom. The van der Waals surface area contributed by atoms with Crippen LogP contribution < -0.4 is 5.46 Å². The van der Waals surface area contributed by atoms with E-state index >= 15 is 0 Å². The van der Waals surface area contributed by atoms with Gasteiger partial charge in [0, 0.05) is 6.07 Å². The molecule has 0 unspecified atom stereocenters. The Balaban J connectivity index is 3.41. The molecule has 0 saturated carbocycles. The van der Waals surface area contributed by atoms with E-state index in [2.05, 4.69) is 0 Å². The van der Waals surface area contributed by atoms with Crippen LogP contribution in [0.15, 0.2) is 12.1 Å². The summed E-state index contributed by atoms with van der Waals surface area (Å²) in [5.41, 5.74) is -0.00778. The van der Waals surface area contributed by atoms with Crippen LogP contribution in [0.5, 0.6) is 5.75 Å². The smallest absolute Gasteiger partial charge is 0.310 e. The van der Waals surface area contributed by atoms with Crippen molar-refractivity contribution in [2.75, 3.05) is 0 Å². The number of phenolic OH excluding ortho intramolecular Hbond substituents is 1. The summed E-state index contributed by atoms with van der Waals surface area (Å²) in [7, 11) is 1.61. The van der Waals surface area contributed by atoms with E-state index in [1.54, 1.807) is 14.1 Å². The van der Waals surface area contributed by atoms with Crippen LogP contribution in [0.2, 0.25) is 6.82 Å². The molecule has 1 radical (unpaired) electrons. The minimum Gasteiger partial charge on any atom is -0.502 e. The van der Waals surface area contributed by atoms with Crippen LogP contribution in [0.4, 0.5) is 5.69 Å². The summed E-state index contributed by atoms with van der Waals surface area (Å²) in [4.78, 5) is 20.2. The minimum absolute atomic E-state index is 0.0766. The molecule has 0 amide bonds. The molecule has 1 aromatic carbocycles. The lowest BCUT2D eigenvalue weighted by molar-refractivity contribution is -0.385. The van der Waals surface area contributed by atoms with Gasteiger partial charge in [0.1, 0.15) is 7.28 Å². The predicted molar refractivity (Wildman–Crippen MR) is 51.4 cm³/mol. The van der Waals surface area contributed by atoms with Crippen molar-refractivity contribution in [1.82, 2.24) is 0 Å². The van der Waals surface area contributed by atoms with Crippen molar-refractivity contribution in [2.24, 2.45) is 0 Å². The molecule has 0 bridgehead atoms. The number of nitro groups is 1. The third-order valence-corrected chi connectivity index (χ3v) is 1.80. The molecule has 0 aliphatic heterocycles. The van der Waals surface area contributed by atoms with Crippen molar-refractivity contribution in [3.63, 3.8) is 0 Å². The van der Waals surface area contributed by atoms with Gasteiger partial charge in [0.2, 0.25) is 5.75 Å². The van der Waals surface area contributed by atoms with Crippen LogP contribution >= 0.6 is 0 Å². The van der Waals surface area contributed by atoms with E-state index in [0.717, 1.165) is 0 Å². The van der Waals surface area contributed by atoms with Crippen molar-refractivity contribution in [3.05, 3.63) is 27.8 Å². The number of hydrogen-bond acceptors (Lipinski definition) is 4. The van der Waals surface area contributed by atoms with E-state index in [-0.39, 0.29) is 5.56 Å². The number of carbonyl (C=O) groups excluding carboxylic acids is 1. The zero-order valence-corrected chi connectivity index (χ0v) is 7.43. The number of benzene rings is 1. The maximum absolute atomic E-state index is 10.5. The fraction of sp³-hybridized carbons (Fsp3) is 0.125. The Morgan fingerprint density at radius 3 is 2.64 bits per heavy atom. The Bertz CT molecular complexity index is 391. The third-order valence-electron chi connectivity index (χ3n) is 1.80. The van der Waals surface area contributed by atoms with Crippen LogP contribution in [-0.2, 0) is 0 Å². The number of phenols is 1. The number of hydrogen-bond donors (Lipinski definition) is 1. The molecule has 1 N–H and O–H groups in total. The SMILES string of the molecule is C[B]c1cc(C=O)c(O)c([N+](=O)[O-])c1. The lowest BCUT2D eigenvalue weighted by Crippen LogP contribution is -2.12. The van der Waals surface area contributed by atoms with Crippen molar-refractivity contribution < 1.29 is 14.8 Å². The van der Waals surface area contributed by atoms with Crippen LogP contribution in [0, 0.1) is 10.1 Å². The second-order valence-electron chi connectivity index (χ2n) is 2.64. The second-order valence-corrected chi connectivity index (χ2v) is 2.64. The maximum atomic E-state index is 10.5. The van der Waals surface area contributed by atoms with Crippen LogP contribution in [0.3, 0.4) is 0 Å². The van der Waals surface area contributed by atoms with Gasteiger partial charge in [0.25, 0.3) is 0 Å². The molecule has 71 valence electrons. The zero-order chi connectivity index (χ0) is 10.7. The first kappa shape index (κ1) is 10.2. The molecule has 0 heterocycles. The summed E-state index contributed by atoms with van der Waals surface area (Å²) in [6.07, 6.45) is 0.384. The lowest BCUT2D eigenvalue weighted by atomic mass is 9.72. The molecule has 5 nitrogen and oxygen atoms in total. The van der Waals surface area contributed by atoms with Gasteiger partial charge in [-0.25, -0.2) is 0 Å². The molecule has 0 fully saturated rings. The monoisotopic (exact) mass is 192 g/mol. The predicted octanol–water partition coefficient (Wildman–Crippen LogP) is 0.490. The number of aromatic hydroxyl groups is 1. The molecule has 0 aliphatic carbocycles. The number of carbonyl (C=O) groups is 1. The van der Waals surface area contributed by atoms with Gasteiger partial charge < -0.3 is 5.11 Å². The van der Waals surface area contributed by atoms with Crippen molar-refractivity contribution >= 4 is 24.7 Å². The molecule has 0 aromatic heterocycles. The number of nitro benzene ring substituents is 1. The maximum Gasteiger partial charge on any atom is 0.310 e. The molecule has 0 atom stereocenters. The highest BCUT2D eigenvalue weighted by Crippen LogP contribution is 2.26. The lowest BCUT2D eigenvalue weighted by Gasteiger charge is -2.01. The van der Waals surface area contributed by atoms with Gasteiger partial charge in [-0.2, -0.15) is 0 Å². The van der Waals surface area contributed by atoms with Gasteiger partial charge in [0.15, 0.2) is 6.29 Å². The fourth-order valence-electron chi connectivity index (χ4n) is 1.06. The van der Waals surface area contributed by atoms with Gasteiger partial charge in [-0.15, -0.1) is 0 Å². The number of rotatable bonds is 3. The molecule has 0 spiro atoms. The Labute approximate surface area is 80.8 Å². The number of aldehydes is 1. The summed E-state index contributed by atoms with van der Waals surface area (Å²) in [5, 5.41) is 19.8. The molecule has 1 rings (SSSR count). The normalized spacial score (nSPS) is 9.50. The quantitative estimate of drug-likeness (QED) is 0.327. The molecule has 0 saturated heterocycles. The van der Waals surface area contributed by atoms with Crippen LogP contribution in [-0.4, -0.2) is 23.6 Å². The molecule has 1 aromatic rings. The first-order chi connectivity index (χ1) is 6.60. The van der Waals surface area contributed by atoms with E-state index in [9.17, 15) is 20.0 Å². The first-order valence-corrected chi connectivity index (χ1v) is 3.86. The fourth-order valence-corrected chi connectivity index (χ4v) is 1.06. The summed E-state index contributed by atoms with van der Waals surface area (Å²) in [6.45, 7) is 1.69. The minimum atomic E-state index is -0.727. The highest BCUT2D eigenvalue weighted by atomic mass is 16.6. The van der Waals surface area contributed by atoms with Crippen molar-refractivity contribution in [2.45, 2.75) is 6.82 Å². The van der Waals surface area contributed by atoms with Gasteiger partial charge in [0.05, 0.1) is 10.5 Å². The van der Waals surface area contributed by atoms with Crippen molar-refractivity contribution in [3.8, 4) is 5.75 Å². The van der Waals surface area contributed by atoms with E-state index in [1.807, 2.05) is 0 Å². The molecule has 6 heteroatoms. The summed E-state index contributed by atoms with van der Waals surface area (Å²) < 4.78 is 0. The van der Waals surface area contributed by atoms with Gasteiger partial charge in [-0.1, -0.05) is 18.4 Å². The van der Waals surface area contributed by atoms with Gasteiger partial charge in [-0.3, -0.25) is 14.9 Å². The standard InChI is InChI=1S/C8H7BNO4/c1-9-6-2-5(4-11)8(12)7(3-6)10(13)14/h2-4,12H,1H3. The summed E-state index contributed by atoms with van der Waals surface area (Å²) in [6, 6.07) is 2.59. The summed E-state index contributed by atoms with van der Waals surface area (Å²) in [5.74, 6) is -0.587. The highest BCUT2D eigenvalue weighted by molar-refractivity contribution is 6.52. The third kappa shape index (κ3) is 1.73. The van der Waals surface area contributed by atoms with Crippen LogP contribution in [0.25, 0.3) is 0 Å². The van der Waals surface area contributed by atoms with Crippen LogP contribution in [0.1, 0.15) is 10.4 Å². The zero-order valence-electron chi connectivity index (χ0n) is 7.43. The Morgan fingerprint density at radius 2 is 2.21 bits per heavy atom. The second kappa shape index (κ2) is 3.91. The van der Waals surface area contributed by atoms with E-state index < -0.39 is 16.4 Å². The topological polar surface area (TPSA) is 80.4 Å². The summed E-state index contributed by atoms with van der Waals surface area (Å²) >= 11 is 0. The first-order valence-electron chi connectivity index (χ1n) is 3.86. The Kier molecular flexibility index (Phi) is 2.86. The van der Waals surface area contributed by atoms with Gasteiger partial charge >= 0.3 is 5.69 Å². The largest absolute Gasteiger partial charge is 0.502 e. The van der Waals surface area contributed by atoms with E-state index in [4.69, 9.17) is 0 Å². The van der Waals surface area contributed by atoms with Crippen molar-refractivity contribution in [1.29, 1.82) is 0 Å². The van der Waals surface area contributed by atoms with E-state index in [1.165, 1.54) is 12.1 Å². The van der Waals surface area contributed by atoms with Gasteiger partial charge in [-0.05, 0) is 0 Å². The number of nitrogens with zero attached hydrogens (tertiary/aromatic N) is 1. The Hall–Kier alpha value is -1.85. The molecular weight excluding hydrogens is 185 g/mol. The highest BCUT2D eigenvalue weighted by Gasteiger charge is 2.17. The average molecular weight is 192 g/mol. The molecule has 0 aliphatic rings.